The summed E-state index contributed by atoms with van der Waals surface area (Å²) in [6.45, 7) is 2.39. The molecule has 0 bridgehead atoms. The molecule has 1 amide bonds. The highest BCUT2D eigenvalue weighted by Crippen LogP contribution is 2.34. The molecule has 9 heteroatoms. The summed E-state index contributed by atoms with van der Waals surface area (Å²) in [7, 11) is -3.45. The van der Waals surface area contributed by atoms with Gasteiger partial charge in [-0.05, 0) is 55.3 Å². The van der Waals surface area contributed by atoms with Gasteiger partial charge in [-0.1, -0.05) is 0 Å². The first kappa shape index (κ1) is 21.0. The van der Waals surface area contributed by atoms with Crippen molar-refractivity contribution in [3.05, 3.63) is 42.5 Å². The molecule has 0 aliphatic carbocycles. The molecule has 1 N–H and O–H groups in total. The maximum absolute atomic E-state index is 12.6. The number of ether oxygens (including phenoxy) is 2. The van der Waals surface area contributed by atoms with Gasteiger partial charge in [-0.2, -0.15) is 4.31 Å². The third-order valence-corrected chi connectivity index (χ3v) is 7.84. The summed E-state index contributed by atoms with van der Waals surface area (Å²) in [5, 5.41) is 2.81. The predicted octanol–water partition coefficient (Wildman–Crippen LogP) is 3.36. The highest BCUT2D eigenvalue weighted by Gasteiger charge is 2.26. The lowest BCUT2D eigenvalue weighted by atomic mass is 10.3. The highest BCUT2D eigenvalue weighted by atomic mass is 32.2. The summed E-state index contributed by atoms with van der Waals surface area (Å²) in [6.07, 6.45) is 2.64. The minimum absolute atomic E-state index is 0.165. The smallest absolute Gasteiger partial charge is 0.243 e. The van der Waals surface area contributed by atoms with Crippen LogP contribution in [0.2, 0.25) is 0 Å². The number of hydrogen-bond acceptors (Lipinski definition) is 6. The summed E-state index contributed by atoms with van der Waals surface area (Å²) in [5.74, 6) is 1.49. The first-order valence-electron chi connectivity index (χ1n) is 9.95. The van der Waals surface area contributed by atoms with Crippen LogP contribution >= 0.6 is 11.8 Å². The first-order valence-corrected chi connectivity index (χ1v) is 12.4. The SMILES string of the molecule is O=C(CSc1ccc2c(c1)OCCCO2)Nc1ccc(S(=O)(=O)N2CCCC2)cc1. The van der Waals surface area contributed by atoms with Crippen molar-refractivity contribution in [2.24, 2.45) is 0 Å². The van der Waals surface area contributed by atoms with Crippen LogP contribution < -0.4 is 14.8 Å². The molecule has 1 saturated heterocycles. The fraction of sp³-hybridized carbons (Fsp3) is 0.381. The largest absolute Gasteiger partial charge is 0.490 e. The van der Waals surface area contributed by atoms with E-state index in [9.17, 15) is 13.2 Å². The van der Waals surface area contributed by atoms with Crippen LogP contribution in [-0.2, 0) is 14.8 Å². The first-order chi connectivity index (χ1) is 14.5. The number of carbonyl (C=O) groups is 1. The van der Waals surface area contributed by atoms with Crippen LogP contribution in [0.4, 0.5) is 5.69 Å². The van der Waals surface area contributed by atoms with E-state index in [1.165, 1.54) is 16.1 Å². The van der Waals surface area contributed by atoms with Crippen molar-refractivity contribution in [1.29, 1.82) is 0 Å². The molecule has 0 unspecified atom stereocenters. The molecule has 0 radical (unpaired) electrons. The fourth-order valence-electron chi connectivity index (χ4n) is 3.37. The van der Waals surface area contributed by atoms with Crippen molar-refractivity contribution in [2.75, 3.05) is 37.4 Å². The average molecular weight is 449 g/mol. The zero-order chi connectivity index (χ0) is 21.0. The Bertz CT molecular complexity index is 1000. The fourth-order valence-corrected chi connectivity index (χ4v) is 5.61. The highest BCUT2D eigenvalue weighted by molar-refractivity contribution is 8.00. The number of nitrogens with one attached hydrogen (secondary N) is 1. The van der Waals surface area contributed by atoms with Crippen molar-refractivity contribution in [2.45, 2.75) is 29.1 Å². The Kier molecular flexibility index (Phi) is 6.50. The molecule has 7 nitrogen and oxygen atoms in total. The normalized spacial score (nSPS) is 16.8. The number of nitrogens with zero attached hydrogens (tertiary/aromatic N) is 1. The Morgan fingerprint density at radius 3 is 2.40 bits per heavy atom. The van der Waals surface area contributed by atoms with Crippen molar-refractivity contribution in [3.63, 3.8) is 0 Å². The van der Waals surface area contributed by atoms with E-state index in [2.05, 4.69) is 5.32 Å². The van der Waals surface area contributed by atoms with E-state index in [1.54, 1.807) is 24.3 Å². The van der Waals surface area contributed by atoms with Crippen LogP contribution in [0.1, 0.15) is 19.3 Å². The topological polar surface area (TPSA) is 84.9 Å². The summed E-state index contributed by atoms with van der Waals surface area (Å²) < 4.78 is 37.9. The number of sulfonamides is 1. The Hall–Kier alpha value is -2.23. The molecule has 30 heavy (non-hydrogen) atoms. The average Bonchev–Trinajstić information content (AvgIpc) is 3.20. The number of hydrogen-bond donors (Lipinski definition) is 1. The standard InChI is InChI=1S/C21H24N2O5S2/c24-21(15-29-17-6-9-19-20(14-17)28-13-3-12-27-19)22-16-4-7-18(8-5-16)30(25,26)23-10-1-2-11-23/h4-9,14H,1-3,10-13,15H2,(H,22,24). The van der Waals surface area contributed by atoms with Gasteiger partial charge < -0.3 is 14.8 Å². The van der Waals surface area contributed by atoms with Gasteiger partial charge in [0.15, 0.2) is 11.5 Å². The quantitative estimate of drug-likeness (QED) is 0.682. The maximum Gasteiger partial charge on any atom is 0.243 e. The Labute approximate surface area is 180 Å². The van der Waals surface area contributed by atoms with Crippen LogP contribution in [0.5, 0.6) is 11.5 Å². The lowest BCUT2D eigenvalue weighted by molar-refractivity contribution is -0.113. The number of amides is 1. The molecule has 160 valence electrons. The van der Waals surface area contributed by atoms with Gasteiger partial charge in [-0.3, -0.25) is 4.79 Å². The molecule has 4 rings (SSSR count). The van der Waals surface area contributed by atoms with E-state index in [4.69, 9.17) is 9.47 Å². The minimum Gasteiger partial charge on any atom is -0.490 e. The summed E-state index contributed by atoms with van der Waals surface area (Å²) in [4.78, 5) is 13.5. The van der Waals surface area contributed by atoms with Crippen molar-refractivity contribution >= 4 is 33.4 Å². The summed E-state index contributed by atoms with van der Waals surface area (Å²) >= 11 is 1.40. The van der Waals surface area contributed by atoms with Crippen molar-refractivity contribution in [1.82, 2.24) is 4.31 Å². The maximum atomic E-state index is 12.6. The van der Waals surface area contributed by atoms with Crippen molar-refractivity contribution < 1.29 is 22.7 Å². The van der Waals surface area contributed by atoms with Crippen LogP contribution in [0.15, 0.2) is 52.3 Å². The van der Waals surface area contributed by atoms with Gasteiger partial charge in [0, 0.05) is 30.1 Å². The Morgan fingerprint density at radius 1 is 0.967 bits per heavy atom. The molecule has 2 aliphatic heterocycles. The number of carbonyl (C=O) groups excluding carboxylic acids is 1. The number of anilines is 1. The van der Waals surface area contributed by atoms with Crippen LogP contribution in [0.3, 0.4) is 0 Å². The van der Waals surface area contributed by atoms with Gasteiger partial charge in [0.2, 0.25) is 15.9 Å². The lowest BCUT2D eigenvalue weighted by Crippen LogP contribution is -2.27. The van der Waals surface area contributed by atoms with E-state index in [0.717, 1.165) is 29.9 Å². The van der Waals surface area contributed by atoms with Crippen molar-refractivity contribution in [3.8, 4) is 11.5 Å². The predicted molar refractivity (Wildman–Crippen MR) is 116 cm³/mol. The van der Waals surface area contributed by atoms with E-state index >= 15 is 0 Å². The van der Waals surface area contributed by atoms with E-state index < -0.39 is 10.0 Å². The molecule has 0 aromatic heterocycles. The lowest BCUT2D eigenvalue weighted by Gasteiger charge is -2.15. The van der Waals surface area contributed by atoms with Gasteiger partial charge in [-0.25, -0.2) is 8.42 Å². The minimum atomic E-state index is -3.45. The number of benzene rings is 2. The molecule has 0 saturated carbocycles. The second-order valence-electron chi connectivity index (χ2n) is 7.13. The molecular weight excluding hydrogens is 424 g/mol. The third kappa shape index (κ3) is 4.91. The molecule has 2 aliphatic rings. The number of thioether (sulfide) groups is 1. The second kappa shape index (κ2) is 9.28. The van der Waals surface area contributed by atoms with Gasteiger partial charge in [0.05, 0.1) is 23.9 Å². The molecule has 0 atom stereocenters. The molecule has 2 aromatic carbocycles. The molecular formula is C21H24N2O5S2. The summed E-state index contributed by atoms with van der Waals surface area (Å²) in [6, 6.07) is 12.0. The van der Waals surface area contributed by atoms with Gasteiger partial charge in [-0.15, -0.1) is 11.8 Å². The second-order valence-corrected chi connectivity index (χ2v) is 10.1. The number of fused-ring (bicyclic) bond motifs is 1. The monoisotopic (exact) mass is 448 g/mol. The van der Waals surface area contributed by atoms with Gasteiger partial charge in [0.25, 0.3) is 0 Å². The van der Waals surface area contributed by atoms with Crippen LogP contribution in [0.25, 0.3) is 0 Å². The zero-order valence-corrected chi connectivity index (χ0v) is 18.1. The Morgan fingerprint density at radius 2 is 1.67 bits per heavy atom. The molecule has 2 heterocycles. The summed E-state index contributed by atoms with van der Waals surface area (Å²) in [5.41, 5.74) is 0.569. The zero-order valence-electron chi connectivity index (χ0n) is 16.5. The van der Waals surface area contributed by atoms with E-state index in [1.807, 2.05) is 18.2 Å². The van der Waals surface area contributed by atoms with Gasteiger partial charge >= 0.3 is 0 Å². The molecule has 2 aromatic rings. The molecule has 1 fully saturated rings. The van der Waals surface area contributed by atoms with Crippen LogP contribution in [0, 0.1) is 0 Å². The van der Waals surface area contributed by atoms with Crippen LogP contribution in [-0.4, -0.2) is 50.7 Å². The molecule has 0 spiro atoms. The number of rotatable bonds is 6. The third-order valence-electron chi connectivity index (χ3n) is 4.93. The van der Waals surface area contributed by atoms with E-state index in [-0.39, 0.29) is 16.6 Å². The van der Waals surface area contributed by atoms with E-state index in [0.29, 0.717) is 37.7 Å². The Balaban J connectivity index is 1.32. The van der Waals surface area contributed by atoms with Gasteiger partial charge in [0.1, 0.15) is 0 Å².